The number of carbonyl (C=O) groups is 1. The molecule has 0 spiro atoms. The van der Waals surface area contributed by atoms with E-state index in [0.29, 0.717) is 17.3 Å². The highest BCUT2D eigenvalue weighted by atomic mass is 16.4. The molecule has 3 fully saturated rings. The first-order valence-electron chi connectivity index (χ1n) is 14.6. The molecule has 0 aromatic carbocycles. The second-order valence-corrected chi connectivity index (χ2v) is 13.0. The van der Waals surface area contributed by atoms with Crippen LogP contribution in [0.5, 0.6) is 0 Å². The standard InChI is InChI=1S/C30H51NO3/c1-21(20-31-18-8-6-4-5-7-9-28(33)34)25-12-13-26-24-11-10-22-19-23(32)14-16-29(22,2)27(24)15-17-30(25,26)3/h10,21,23-27,31-32H,4-9,11-20H2,1-3H3,(H,33,34)/t21-,23+,24+,25-,26+,27+,29+,30-/m1/s1. The summed E-state index contributed by atoms with van der Waals surface area (Å²) in [6.07, 6.45) is 18.2. The van der Waals surface area contributed by atoms with Crippen molar-refractivity contribution in [3.05, 3.63) is 11.6 Å². The number of aliphatic hydroxyl groups excluding tert-OH is 1. The number of carboxylic acid groups (broad SMARTS) is 1. The summed E-state index contributed by atoms with van der Waals surface area (Å²) in [7, 11) is 0. The monoisotopic (exact) mass is 473 g/mol. The molecule has 4 aliphatic carbocycles. The minimum absolute atomic E-state index is 0.106. The molecule has 3 N–H and O–H groups in total. The van der Waals surface area contributed by atoms with Crippen LogP contribution in [0.3, 0.4) is 0 Å². The Labute approximate surface area is 208 Å². The third kappa shape index (κ3) is 5.28. The molecular formula is C30H51NO3. The van der Waals surface area contributed by atoms with E-state index < -0.39 is 5.97 Å². The van der Waals surface area contributed by atoms with Crippen molar-refractivity contribution in [2.24, 2.45) is 40.4 Å². The number of unbranched alkanes of at least 4 members (excludes halogenated alkanes) is 4. The normalized spacial score (nSPS) is 40.1. The second-order valence-electron chi connectivity index (χ2n) is 13.0. The maximum Gasteiger partial charge on any atom is 0.303 e. The van der Waals surface area contributed by atoms with Crippen LogP contribution in [0.15, 0.2) is 11.6 Å². The molecule has 0 saturated heterocycles. The molecule has 0 unspecified atom stereocenters. The minimum atomic E-state index is -0.667. The Hall–Kier alpha value is -0.870. The van der Waals surface area contributed by atoms with Crippen molar-refractivity contribution in [1.82, 2.24) is 5.32 Å². The van der Waals surface area contributed by atoms with Gasteiger partial charge >= 0.3 is 5.97 Å². The average molecular weight is 474 g/mol. The molecule has 194 valence electrons. The van der Waals surface area contributed by atoms with Crippen molar-refractivity contribution in [2.75, 3.05) is 13.1 Å². The lowest BCUT2D eigenvalue weighted by atomic mass is 9.47. The van der Waals surface area contributed by atoms with Crippen LogP contribution < -0.4 is 5.32 Å². The first-order chi connectivity index (χ1) is 16.3. The molecule has 3 saturated carbocycles. The number of allylic oxidation sites excluding steroid dienone is 1. The first kappa shape index (κ1) is 26.2. The zero-order chi connectivity index (χ0) is 24.3. The van der Waals surface area contributed by atoms with Crippen LogP contribution in [0.4, 0.5) is 0 Å². The van der Waals surface area contributed by atoms with Crippen molar-refractivity contribution >= 4 is 5.97 Å². The number of nitrogens with one attached hydrogen (secondary N) is 1. The van der Waals surface area contributed by atoms with Gasteiger partial charge in [-0.25, -0.2) is 0 Å². The average Bonchev–Trinajstić information content (AvgIpc) is 3.15. The number of rotatable bonds is 11. The summed E-state index contributed by atoms with van der Waals surface area (Å²) < 4.78 is 0. The van der Waals surface area contributed by atoms with Gasteiger partial charge in [0.05, 0.1) is 6.10 Å². The number of aliphatic hydroxyl groups is 1. The lowest BCUT2D eigenvalue weighted by Gasteiger charge is -2.58. The maximum absolute atomic E-state index is 10.6. The van der Waals surface area contributed by atoms with Crippen LogP contribution in [0.2, 0.25) is 0 Å². The summed E-state index contributed by atoms with van der Waals surface area (Å²) in [6, 6.07) is 0. The second kappa shape index (κ2) is 11.0. The zero-order valence-corrected chi connectivity index (χ0v) is 22.2. The van der Waals surface area contributed by atoms with Crippen LogP contribution in [-0.4, -0.2) is 35.4 Å². The molecule has 4 aliphatic rings. The van der Waals surface area contributed by atoms with E-state index >= 15 is 0 Å². The summed E-state index contributed by atoms with van der Waals surface area (Å²) in [5.74, 6) is 3.48. The molecule has 4 rings (SSSR count). The highest BCUT2D eigenvalue weighted by molar-refractivity contribution is 5.66. The summed E-state index contributed by atoms with van der Waals surface area (Å²) >= 11 is 0. The molecule has 4 nitrogen and oxygen atoms in total. The van der Waals surface area contributed by atoms with Gasteiger partial charge in [0, 0.05) is 6.42 Å². The Morgan fingerprint density at radius 1 is 1.06 bits per heavy atom. The van der Waals surface area contributed by atoms with Crippen LogP contribution in [0, 0.1) is 40.4 Å². The lowest BCUT2D eigenvalue weighted by Crippen LogP contribution is -2.51. The lowest BCUT2D eigenvalue weighted by molar-refractivity contribution is -0.137. The van der Waals surface area contributed by atoms with E-state index in [-0.39, 0.29) is 6.10 Å². The van der Waals surface area contributed by atoms with Crippen LogP contribution >= 0.6 is 0 Å². The number of hydrogen-bond donors (Lipinski definition) is 3. The van der Waals surface area contributed by atoms with Gasteiger partial charge in [0.25, 0.3) is 0 Å². The van der Waals surface area contributed by atoms with Gasteiger partial charge in [-0.3, -0.25) is 4.79 Å². The summed E-state index contributed by atoms with van der Waals surface area (Å²) in [5.41, 5.74) is 2.44. The molecule has 0 aromatic rings. The van der Waals surface area contributed by atoms with Gasteiger partial charge in [-0.1, -0.05) is 51.7 Å². The fourth-order valence-electron chi connectivity index (χ4n) is 9.15. The van der Waals surface area contributed by atoms with Crippen molar-refractivity contribution in [2.45, 2.75) is 117 Å². The van der Waals surface area contributed by atoms with Gasteiger partial charge in [0.15, 0.2) is 0 Å². The smallest absolute Gasteiger partial charge is 0.303 e. The molecule has 0 heterocycles. The largest absolute Gasteiger partial charge is 0.481 e. The van der Waals surface area contributed by atoms with E-state index in [0.717, 1.165) is 74.8 Å². The molecule has 0 radical (unpaired) electrons. The Balaban J connectivity index is 1.25. The van der Waals surface area contributed by atoms with E-state index in [1.807, 2.05) is 0 Å². The maximum atomic E-state index is 10.6. The highest BCUT2D eigenvalue weighted by Gasteiger charge is 2.59. The van der Waals surface area contributed by atoms with E-state index in [1.54, 1.807) is 5.57 Å². The van der Waals surface area contributed by atoms with Crippen LogP contribution in [0.1, 0.15) is 111 Å². The van der Waals surface area contributed by atoms with Crippen molar-refractivity contribution in [1.29, 1.82) is 0 Å². The fourth-order valence-corrected chi connectivity index (χ4v) is 9.15. The summed E-state index contributed by atoms with van der Waals surface area (Å²) in [4.78, 5) is 10.6. The molecule has 0 amide bonds. The van der Waals surface area contributed by atoms with E-state index in [1.165, 1.54) is 51.4 Å². The van der Waals surface area contributed by atoms with Crippen molar-refractivity contribution < 1.29 is 15.0 Å². The molecule has 0 bridgehead atoms. The Morgan fingerprint density at radius 2 is 1.82 bits per heavy atom. The van der Waals surface area contributed by atoms with Crippen molar-refractivity contribution in [3.8, 4) is 0 Å². The first-order valence-corrected chi connectivity index (χ1v) is 14.6. The molecule has 4 heteroatoms. The van der Waals surface area contributed by atoms with Gasteiger partial charge in [-0.05, 0) is 118 Å². The Bertz CT molecular complexity index is 735. The van der Waals surface area contributed by atoms with Crippen LogP contribution in [0.25, 0.3) is 0 Å². The van der Waals surface area contributed by atoms with E-state index in [4.69, 9.17) is 5.11 Å². The third-order valence-electron chi connectivity index (χ3n) is 11.0. The van der Waals surface area contributed by atoms with Crippen molar-refractivity contribution in [3.63, 3.8) is 0 Å². The summed E-state index contributed by atoms with van der Waals surface area (Å²) in [6.45, 7) is 9.91. The van der Waals surface area contributed by atoms with Gasteiger partial charge < -0.3 is 15.5 Å². The molecule has 0 aliphatic heterocycles. The topological polar surface area (TPSA) is 69.6 Å². The molecule has 8 atom stereocenters. The Kier molecular flexibility index (Phi) is 8.50. The van der Waals surface area contributed by atoms with Gasteiger partial charge in [-0.2, -0.15) is 0 Å². The van der Waals surface area contributed by atoms with E-state index in [2.05, 4.69) is 32.2 Å². The summed E-state index contributed by atoms with van der Waals surface area (Å²) in [5, 5.41) is 22.7. The van der Waals surface area contributed by atoms with Crippen LogP contribution in [-0.2, 0) is 4.79 Å². The number of carboxylic acids is 1. The van der Waals surface area contributed by atoms with E-state index in [9.17, 15) is 9.90 Å². The molecule has 34 heavy (non-hydrogen) atoms. The van der Waals surface area contributed by atoms with Gasteiger partial charge in [-0.15, -0.1) is 0 Å². The zero-order valence-electron chi connectivity index (χ0n) is 22.2. The molecule has 0 aromatic heterocycles. The van der Waals surface area contributed by atoms with Gasteiger partial charge in [0.1, 0.15) is 0 Å². The van der Waals surface area contributed by atoms with Gasteiger partial charge in [0.2, 0.25) is 0 Å². The molecular weight excluding hydrogens is 422 g/mol. The third-order valence-corrected chi connectivity index (χ3v) is 11.0. The number of fused-ring (bicyclic) bond motifs is 5. The number of hydrogen-bond acceptors (Lipinski definition) is 3. The predicted octanol–water partition coefficient (Wildman–Crippen LogP) is 6.58. The predicted molar refractivity (Wildman–Crippen MR) is 139 cm³/mol. The quantitative estimate of drug-likeness (QED) is 0.234. The fraction of sp³-hybridized carbons (Fsp3) is 0.900. The number of aliphatic carboxylic acids is 1. The minimum Gasteiger partial charge on any atom is -0.481 e. The Morgan fingerprint density at radius 3 is 2.62 bits per heavy atom. The SMILES string of the molecule is C[C@H](CNCCCCCCCC(=O)O)[C@H]1CC[C@H]2[C@@H]3CC=C4C[C@@H](O)CC[C@]4(C)[C@H]3CC[C@]12C. The highest BCUT2D eigenvalue weighted by Crippen LogP contribution is 2.67.